The maximum Gasteiger partial charge on any atom is 0.277 e. The predicted octanol–water partition coefficient (Wildman–Crippen LogP) is 1.20. The third kappa shape index (κ3) is 3.64. The first-order chi connectivity index (χ1) is 15.0. The Balaban J connectivity index is 1.33. The molecule has 166 valence electrons. The molecule has 3 aliphatic heterocycles. The van der Waals surface area contributed by atoms with Gasteiger partial charge in [0.2, 0.25) is 5.91 Å². The van der Waals surface area contributed by atoms with Crippen LogP contribution in [0, 0.1) is 0 Å². The van der Waals surface area contributed by atoms with Gasteiger partial charge in [-0.25, -0.2) is 9.50 Å². The number of hydrogen-bond acceptors (Lipinski definition) is 5. The minimum absolute atomic E-state index is 0.0617. The van der Waals surface area contributed by atoms with Crippen molar-refractivity contribution in [2.24, 2.45) is 0 Å². The summed E-state index contributed by atoms with van der Waals surface area (Å²) < 4.78 is 7.05. The summed E-state index contributed by atoms with van der Waals surface area (Å²) in [6, 6.07) is 1.97. The minimum atomic E-state index is -0.266. The summed E-state index contributed by atoms with van der Waals surface area (Å²) in [5, 5.41) is 3.25. The standard InChI is InChI=1S/C22H29N5O4/c1-2-20(28)26-10-7-16-15(13-26)21(29)27-19(23-16)12-17(24-27)14-5-8-25(9-6-14)22(30)18-4-3-11-31-18/h12,14,18,24H,2-11,13H2,1H3. The van der Waals surface area contributed by atoms with Crippen LogP contribution in [0.1, 0.15) is 61.9 Å². The van der Waals surface area contributed by atoms with Crippen LogP contribution in [0.2, 0.25) is 0 Å². The second kappa shape index (κ2) is 8.11. The quantitative estimate of drug-likeness (QED) is 0.794. The van der Waals surface area contributed by atoms with Gasteiger partial charge < -0.3 is 14.5 Å². The Hall–Kier alpha value is -2.68. The second-order valence-electron chi connectivity index (χ2n) is 8.77. The molecule has 9 nitrogen and oxygen atoms in total. The number of piperidine rings is 1. The highest BCUT2D eigenvalue weighted by Crippen LogP contribution is 2.29. The van der Waals surface area contributed by atoms with Gasteiger partial charge in [-0.05, 0) is 25.7 Å². The monoisotopic (exact) mass is 427 g/mol. The molecule has 0 radical (unpaired) electrons. The van der Waals surface area contributed by atoms with Gasteiger partial charge in [-0.1, -0.05) is 6.92 Å². The smallest absolute Gasteiger partial charge is 0.277 e. The van der Waals surface area contributed by atoms with Crippen molar-refractivity contribution >= 4 is 17.5 Å². The molecule has 2 aromatic heterocycles. The van der Waals surface area contributed by atoms with Gasteiger partial charge in [0.1, 0.15) is 6.10 Å². The fourth-order valence-corrected chi connectivity index (χ4v) is 5.03. The van der Waals surface area contributed by atoms with E-state index < -0.39 is 0 Å². The number of aromatic nitrogens is 3. The van der Waals surface area contributed by atoms with Crippen LogP contribution in [0.4, 0.5) is 0 Å². The van der Waals surface area contributed by atoms with Crippen LogP contribution < -0.4 is 5.56 Å². The molecule has 3 aliphatic rings. The van der Waals surface area contributed by atoms with Crippen LogP contribution in [0.15, 0.2) is 10.9 Å². The topological polar surface area (TPSA) is 100 Å². The molecular weight excluding hydrogens is 398 g/mol. The van der Waals surface area contributed by atoms with E-state index >= 15 is 0 Å². The molecule has 0 spiro atoms. The summed E-state index contributed by atoms with van der Waals surface area (Å²) in [7, 11) is 0. The van der Waals surface area contributed by atoms with Crippen LogP contribution in [-0.2, 0) is 27.3 Å². The molecule has 0 aliphatic carbocycles. The Morgan fingerprint density at radius 1 is 1.19 bits per heavy atom. The van der Waals surface area contributed by atoms with Gasteiger partial charge in [0, 0.05) is 56.8 Å². The van der Waals surface area contributed by atoms with Gasteiger partial charge in [-0.15, -0.1) is 0 Å². The molecule has 9 heteroatoms. The molecule has 5 rings (SSSR count). The number of carbonyl (C=O) groups excluding carboxylic acids is 2. The van der Waals surface area contributed by atoms with Gasteiger partial charge in [-0.3, -0.25) is 19.5 Å². The Labute approximate surface area is 180 Å². The number of likely N-dealkylation sites (tertiary alicyclic amines) is 1. The molecule has 1 N–H and O–H groups in total. The molecular formula is C22H29N5O4. The molecule has 2 amide bonds. The molecule has 5 heterocycles. The van der Waals surface area contributed by atoms with Crippen LogP contribution in [0.3, 0.4) is 0 Å². The lowest BCUT2D eigenvalue weighted by molar-refractivity contribution is -0.142. The van der Waals surface area contributed by atoms with Crippen molar-refractivity contribution in [2.45, 2.75) is 64.0 Å². The molecule has 0 aromatic carbocycles. The fraction of sp³-hybridized carbons (Fsp3) is 0.636. The number of carbonyl (C=O) groups is 2. The highest BCUT2D eigenvalue weighted by atomic mass is 16.5. The lowest BCUT2D eigenvalue weighted by Crippen LogP contribution is -2.43. The van der Waals surface area contributed by atoms with Crippen molar-refractivity contribution in [3.05, 3.63) is 33.4 Å². The van der Waals surface area contributed by atoms with Crippen molar-refractivity contribution in [3.63, 3.8) is 0 Å². The number of amides is 2. The SMILES string of the molecule is CCC(=O)N1CCc2nc3cc(C4CCN(C(=O)C5CCCO5)CC4)[nH]n3c(=O)c2C1. The molecule has 1 unspecified atom stereocenters. The number of nitrogens with one attached hydrogen (secondary N) is 1. The zero-order valence-corrected chi connectivity index (χ0v) is 17.9. The highest BCUT2D eigenvalue weighted by Gasteiger charge is 2.32. The third-order valence-corrected chi connectivity index (χ3v) is 6.89. The Kier molecular flexibility index (Phi) is 5.29. The largest absolute Gasteiger partial charge is 0.368 e. The van der Waals surface area contributed by atoms with E-state index in [1.54, 1.807) is 4.90 Å². The molecule has 1 atom stereocenters. The van der Waals surface area contributed by atoms with Crippen LogP contribution in [0.5, 0.6) is 0 Å². The average molecular weight is 428 g/mol. The van der Waals surface area contributed by atoms with Crippen molar-refractivity contribution in [1.29, 1.82) is 0 Å². The number of H-pyrrole nitrogens is 1. The Morgan fingerprint density at radius 3 is 2.71 bits per heavy atom. The van der Waals surface area contributed by atoms with E-state index in [1.165, 1.54) is 4.52 Å². The fourth-order valence-electron chi connectivity index (χ4n) is 5.03. The molecule has 0 saturated carbocycles. The summed E-state index contributed by atoms with van der Waals surface area (Å²) in [4.78, 5) is 46.1. The van der Waals surface area contributed by atoms with Crippen molar-refractivity contribution in [1.82, 2.24) is 24.4 Å². The average Bonchev–Trinajstić information content (AvgIpc) is 3.49. The Bertz CT molecular complexity index is 1060. The number of aromatic amines is 1. The van der Waals surface area contributed by atoms with Crippen LogP contribution in [-0.4, -0.2) is 68.6 Å². The molecule has 2 saturated heterocycles. The minimum Gasteiger partial charge on any atom is -0.368 e. The van der Waals surface area contributed by atoms with Crippen LogP contribution in [0.25, 0.3) is 5.65 Å². The summed E-state index contributed by atoms with van der Waals surface area (Å²) in [6.07, 6.45) is 4.25. The van der Waals surface area contributed by atoms with E-state index in [2.05, 4.69) is 5.10 Å². The van der Waals surface area contributed by atoms with E-state index in [-0.39, 0.29) is 29.4 Å². The summed E-state index contributed by atoms with van der Waals surface area (Å²) in [6.45, 7) is 4.85. The zero-order valence-electron chi connectivity index (χ0n) is 17.9. The first-order valence-electron chi connectivity index (χ1n) is 11.4. The van der Waals surface area contributed by atoms with Crippen molar-refractivity contribution in [2.75, 3.05) is 26.2 Å². The number of nitrogens with zero attached hydrogens (tertiary/aromatic N) is 4. The third-order valence-electron chi connectivity index (χ3n) is 6.89. The number of ether oxygens (including phenoxy) is 1. The first-order valence-corrected chi connectivity index (χ1v) is 11.4. The molecule has 2 aromatic rings. The van der Waals surface area contributed by atoms with E-state index in [0.29, 0.717) is 56.8 Å². The lowest BCUT2D eigenvalue weighted by atomic mass is 9.93. The maximum absolute atomic E-state index is 13.1. The van der Waals surface area contributed by atoms with E-state index in [1.807, 2.05) is 17.9 Å². The van der Waals surface area contributed by atoms with E-state index in [0.717, 1.165) is 37.1 Å². The summed E-state index contributed by atoms with van der Waals surface area (Å²) in [5.74, 6) is 0.431. The van der Waals surface area contributed by atoms with Gasteiger partial charge in [0.15, 0.2) is 5.65 Å². The van der Waals surface area contributed by atoms with Crippen molar-refractivity contribution < 1.29 is 14.3 Å². The maximum atomic E-state index is 13.1. The summed E-state index contributed by atoms with van der Waals surface area (Å²) in [5.41, 5.74) is 2.90. The van der Waals surface area contributed by atoms with Gasteiger partial charge >= 0.3 is 0 Å². The molecule has 0 bridgehead atoms. The number of fused-ring (bicyclic) bond motifs is 2. The van der Waals surface area contributed by atoms with Gasteiger partial charge in [-0.2, -0.15) is 0 Å². The first kappa shape index (κ1) is 20.2. The Morgan fingerprint density at radius 2 is 2.00 bits per heavy atom. The van der Waals surface area contributed by atoms with Crippen LogP contribution >= 0.6 is 0 Å². The predicted molar refractivity (Wildman–Crippen MR) is 113 cm³/mol. The summed E-state index contributed by atoms with van der Waals surface area (Å²) >= 11 is 0. The highest BCUT2D eigenvalue weighted by molar-refractivity contribution is 5.81. The van der Waals surface area contributed by atoms with E-state index in [9.17, 15) is 14.4 Å². The second-order valence-corrected chi connectivity index (χ2v) is 8.77. The van der Waals surface area contributed by atoms with Gasteiger partial charge in [0.25, 0.3) is 11.5 Å². The zero-order chi connectivity index (χ0) is 21.5. The number of rotatable bonds is 3. The molecule has 31 heavy (non-hydrogen) atoms. The molecule has 2 fully saturated rings. The van der Waals surface area contributed by atoms with Gasteiger partial charge in [0.05, 0.1) is 17.8 Å². The number of hydrogen-bond donors (Lipinski definition) is 1. The van der Waals surface area contributed by atoms with Crippen molar-refractivity contribution in [3.8, 4) is 0 Å². The van der Waals surface area contributed by atoms with E-state index in [4.69, 9.17) is 9.72 Å². The normalized spacial score (nSPS) is 22.2. The lowest BCUT2D eigenvalue weighted by Gasteiger charge is -2.32.